The van der Waals surface area contributed by atoms with Crippen molar-refractivity contribution < 1.29 is 49.3 Å². The summed E-state index contributed by atoms with van der Waals surface area (Å²) in [5.74, 6) is -0.599. The van der Waals surface area contributed by atoms with Crippen molar-refractivity contribution in [2.45, 2.75) is 33.0 Å². The van der Waals surface area contributed by atoms with Crippen molar-refractivity contribution in [3.8, 4) is 5.75 Å². The van der Waals surface area contributed by atoms with Crippen LogP contribution in [0.25, 0.3) is 0 Å². The van der Waals surface area contributed by atoms with Gasteiger partial charge in [-0.15, -0.1) is 0 Å². The number of carbonyl (C=O) groups is 1. The molecule has 1 aromatic carbocycles. The van der Waals surface area contributed by atoms with Crippen LogP contribution >= 0.6 is 0 Å². The molecule has 0 spiro atoms. The maximum atomic E-state index is 11.6. The molecular weight excluding hydrogens is 242 g/mol. The van der Waals surface area contributed by atoms with E-state index in [9.17, 15) is 9.90 Å². The molecule has 0 bridgehead atoms. The summed E-state index contributed by atoms with van der Waals surface area (Å²) in [6.45, 7) is 5.05. The van der Waals surface area contributed by atoms with Crippen molar-refractivity contribution in [1.29, 1.82) is 0 Å². The summed E-state index contributed by atoms with van der Waals surface area (Å²) in [7, 11) is 0. The average molecular weight is 262 g/mol. The Morgan fingerprint density at radius 1 is 1.33 bits per heavy atom. The summed E-state index contributed by atoms with van der Waals surface area (Å²) < 4.78 is 5.14. The third kappa shape index (κ3) is 5.91. The number of aromatic hydroxyl groups is 1. The number of ether oxygens (including phenoxy) is 1. The molecule has 0 saturated carbocycles. The molecule has 4 nitrogen and oxygen atoms in total. The Bertz CT molecular complexity index is 402. The molecular formula is C12H20BNaO4. The zero-order chi connectivity index (χ0) is 12.3. The van der Waals surface area contributed by atoms with Gasteiger partial charge in [0.15, 0.2) is 0 Å². The Kier molecular flexibility index (Phi) is 8.65. The van der Waals surface area contributed by atoms with E-state index >= 15 is 0 Å². The van der Waals surface area contributed by atoms with Gasteiger partial charge in [-0.25, -0.2) is 4.79 Å². The summed E-state index contributed by atoms with van der Waals surface area (Å²) in [6.07, 6.45) is 0. The number of benzene rings is 1. The fourth-order valence-electron chi connectivity index (χ4n) is 1.16. The molecule has 0 amide bonds. The smallest absolute Gasteiger partial charge is 0.508 e. The average Bonchev–Trinajstić information content (AvgIpc) is 2.15. The molecule has 0 aliphatic carbocycles. The number of carbonyl (C=O) groups excluding carboxylic acids is 1. The van der Waals surface area contributed by atoms with Gasteiger partial charge in [0.25, 0.3) is 0 Å². The van der Waals surface area contributed by atoms with Gasteiger partial charge in [0.1, 0.15) is 11.4 Å². The third-order valence-electron chi connectivity index (χ3n) is 1.89. The van der Waals surface area contributed by atoms with Gasteiger partial charge in [0.05, 0.1) is 12.2 Å². The van der Waals surface area contributed by atoms with E-state index in [2.05, 4.69) is 0 Å². The minimum absolute atomic E-state index is 0. The Morgan fingerprint density at radius 3 is 2.28 bits per heavy atom. The Balaban J connectivity index is 0. The molecule has 0 saturated heterocycles. The van der Waals surface area contributed by atoms with Gasteiger partial charge >= 0.3 is 35.5 Å². The third-order valence-corrected chi connectivity index (χ3v) is 1.89. The van der Waals surface area contributed by atoms with Gasteiger partial charge in [0.2, 0.25) is 0 Å². The second kappa shape index (κ2) is 7.84. The maximum absolute atomic E-state index is 11.6. The Hall–Kier alpha value is -0.485. The zero-order valence-corrected chi connectivity index (χ0v) is 12.7. The number of rotatable bonds is 2. The van der Waals surface area contributed by atoms with Gasteiger partial charge in [-0.2, -0.15) is 0 Å². The number of hydrogen-bond donors (Lipinski definition) is 2. The standard InChI is InChI=1S/C12H16O4.BH4.Na/c1-12(2,3)16-11(15)8-4-5-9(7-13)10(14)6-8;;/h4-6,13-14H,7H2,1-3H3;1H4;/q;-1;+1. The van der Waals surface area contributed by atoms with Crippen molar-refractivity contribution in [1.82, 2.24) is 0 Å². The van der Waals surface area contributed by atoms with E-state index in [1.165, 1.54) is 18.2 Å². The molecule has 18 heavy (non-hydrogen) atoms. The maximum Gasteiger partial charge on any atom is 1.00 e. The molecule has 0 fully saturated rings. The van der Waals surface area contributed by atoms with E-state index in [0.717, 1.165) is 0 Å². The summed E-state index contributed by atoms with van der Waals surface area (Å²) in [6, 6.07) is 4.30. The van der Waals surface area contributed by atoms with E-state index < -0.39 is 11.6 Å². The van der Waals surface area contributed by atoms with E-state index in [4.69, 9.17) is 9.84 Å². The zero-order valence-electron chi connectivity index (χ0n) is 10.7. The molecule has 0 aliphatic heterocycles. The molecule has 6 heteroatoms. The Morgan fingerprint density at radius 2 is 1.89 bits per heavy atom. The van der Waals surface area contributed by atoms with Crippen LogP contribution in [0.1, 0.15) is 36.7 Å². The van der Waals surface area contributed by atoms with Crippen LogP contribution < -0.4 is 29.6 Å². The summed E-state index contributed by atoms with van der Waals surface area (Å²) in [5.41, 5.74) is 0.0828. The van der Waals surface area contributed by atoms with Gasteiger partial charge in [-0.1, -0.05) is 14.5 Å². The predicted octanol–water partition coefficient (Wildman–Crippen LogP) is -2.61. The van der Waals surface area contributed by atoms with Gasteiger partial charge in [-0.3, -0.25) is 0 Å². The fourth-order valence-corrected chi connectivity index (χ4v) is 1.16. The second-order valence-corrected chi connectivity index (χ2v) is 4.50. The van der Waals surface area contributed by atoms with Crippen molar-refractivity contribution in [3.05, 3.63) is 29.3 Å². The quantitative estimate of drug-likeness (QED) is 0.453. The monoisotopic (exact) mass is 262 g/mol. The van der Waals surface area contributed by atoms with Crippen molar-refractivity contribution in [2.24, 2.45) is 0 Å². The van der Waals surface area contributed by atoms with Crippen LogP contribution in [0.15, 0.2) is 18.2 Å². The molecule has 0 atom stereocenters. The summed E-state index contributed by atoms with van der Waals surface area (Å²) in [5, 5.41) is 18.3. The van der Waals surface area contributed by atoms with Crippen LogP contribution in [0.5, 0.6) is 5.75 Å². The van der Waals surface area contributed by atoms with Crippen LogP contribution in [-0.2, 0) is 11.3 Å². The number of aliphatic hydroxyl groups excluding tert-OH is 1. The van der Waals surface area contributed by atoms with E-state index in [0.29, 0.717) is 5.56 Å². The van der Waals surface area contributed by atoms with Crippen LogP contribution in [0, 0.1) is 0 Å². The molecule has 1 rings (SSSR count). The van der Waals surface area contributed by atoms with Gasteiger partial charge in [0, 0.05) is 5.56 Å². The van der Waals surface area contributed by atoms with Crippen LogP contribution in [0.2, 0.25) is 0 Å². The van der Waals surface area contributed by atoms with Crippen LogP contribution in [-0.4, -0.2) is 30.2 Å². The molecule has 0 radical (unpaired) electrons. The molecule has 2 N–H and O–H groups in total. The molecule has 0 aromatic heterocycles. The minimum Gasteiger partial charge on any atom is -0.508 e. The van der Waals surface area contributed by atoms with Crippen molar-refractivity contribution >= 4 is 14.4 Å². The van der Waals surface area contributed by atoms with Crippen molar-refractivity contribution in [3.63, 3.8) is 0 Å². The fraction of sp³-hybridized carbons (Fsp3) is 0.417. The minimum atomic E-state index is -0.567. The molecule has 0 unspecified atom stereocenters. The second-order valence-electron chi connectivity index (χ2n) is 4.50. The number of esters is 1. The van der Waals surface area contributed by atoms with Crippen molar-refractivity contribution in [2.75, 3.05) is 0 Å². The summed E-state index contributed by atoms with van der Waals surface area (Å²) >= 11 is 0. The predicted molar refractivity (Wildman–Crippen MR) is 70.5 cm³/mol. The first-order valence-electron chi connectivity index (χ1n) is 4.99. The number of phenols is 1. The first kappa shape index (κ1) is 19.8. The molecule has 0 aliphatic rings. The molecule has 0 heterocycles. The topological polar surface area (TPSA) is 66.8 Å². The normalized spacial score (nSPS) is 10.0. The van der Waals surface area contributed by atoms with Crippen LogP contribution in [0.4, 0.5) is 0 Å². The van der Waals surface area contributed by atoms with Crippen LogP contribution in [0.3, 0.4) is 0 Å². The number of hydrogen-bond acceptors (Lipinski definition) is 4. The largest absolute Gasteiger partial charge is 1.00 e. The number of aliphatic hydroxyl groups is 1. The Labute approximate surface area is 131 Å². The SMILES string of the molecule is CC(C)(C)OC(=O)c1ccc(CO)c(O)c1.[BH4-].[Na+]. The van der Waals surface area contributed by atoms with E-state index in [1.807, 2.05) is 0 Å². The first-order valence-corrected chi connectivity index (χ1v) is 4.99. The summed E-state index contributed by atoms with van der Waals surface area (Å²) in [4.78, 5) is 11.6. The first-order chi connectivity index (χ1) is 7.33. The van der Waals surface area contributed by atoms with E-state index in [1.54, 1.807) is 20.8 Å². The van der Waals surface area contributed by atoms with E-state index in [-0.39, 0.29) is 55.9 Å². The van der Waals surface area contributed by atoms with Gasteiger partial charge < -0.3 is 14.9 Å². The molecule has 96 valence electrons. The van der Waals surface area contributed by atoms with Gasteiger partial charge in [-0.05, 0) is 32.9 Å². The molecule has 1 aromatic rings.